The third-order valence-corrected chi connectivity index (χ3v) is 1.06. The second-order valence-electron chi connectivity index (χ2n) is 0.707. The normalized spacial score (nSPS) is 5.50. The topological polar surface area (TPSA) is 0 Å². The van der Waals surface area contributed by atoms with Gasteiger partial charge in [-0.05, 0) is 0 Å². The third-order valence-electron chi connectivity index (χ3n) is 0.354. The van der Waals surface area contributed by atoms with Crippen LogP contribution in [0.3, 0.4) is 0 Å². The van der Waals surface area contributed by atoms with E-state index in [1.54, 1.807) is 0 Å². The number of hydrogen-bond acceptors (Lipinski definition) is 0. The first kappa shape index (κ1) is 4.22. The fourth-order valence-corrected chi connectivity index (χ4v) is 0. The van der Waals surface area contributed by atoms with Crippen molar-refractivity contribution in [1.29, 1.82) is 0 Å². The molecule has 4 heavy (non-hydrogen) atoms. The van der Waals surface area contributed by atoms with Crippen LogP contribution in [-0.2, 0) is 0 Å². The Morgan fingerprint density at radius 3 is 2.00 bits per heavy atom. The van der Waals surface area contributed by atoms with Crippen LogP contribution in [0.4, 0.5) is 0 Å². The average Bonchev–Trinajstić information content (AvgIpc) is 1.37. The molecule has 0 rings (SSSR count). The summed E-state index contributed by atoms with van der Waals surface area (Å²) in [6.45, 7) is 4.40. The van der Waals surface area contributed by atoms with Crippen molar-refractivity contribution in [2.75, 3.05) is 0 Å². The SMILES string of the molecule is CC[Si+2]C. The Morgan fingerprint density at radius 1 is 1.75 bits per heavy atom. The summed E-state index contributed by atoms with van der Waals surface area (Å²) in [5, 5.41) is 0. The van der Waals surface area contributed by atoms with Crippen LogP contribution in [0.25, 0.3) is 0 Å². The highest BCUT2D eigenvalue weighted by molar-refractivity contribution is 6.33. The molecule has 0 saturated heterocycles. The fraction of sp³-hybridized carbons (Fsp3) is 1.00. The van der Waals surface area contributed by atoms with Crippen LogP contribution in [0.2, 0.25) is 12.6 Å². The van der Waals surface area contributed by atoms with E-state index in [2.05, 4.69) is 13.5 Å². The fourth-order valence-electron chi connectivity index (χ4n) is 0. The van der Waals surface area contributed by atoms with Crippen molar-refractivity contribution in [3.05, 3.63) is 0 Å². The molecule has 0 aromatic carbocycles. The molecule has 0 amide bonds. The van der Waals surface area contributed by atoms with E-state index in [0.717, 1.165) is 9.52 Å². The summed E-state index contributed by atoms with van der Waals surface area (Å²) in [7, 11) is 1.14. The Kier molecular flexibility index (Phi) is 3.39. The van der Waals surface area contributed by atoms with Gasteiger partial charge in [0.15, 0.2) is 0 Å². The van der Waals surface area contributed by atoms with E-state index < -0.39 is 0 Å². The summed E-state index contributed by atoms with van der Waals surface area (Å²) in [5.74, 6) is 0. The maximum Gasteiger partial charge on any atom is 0.899 e. The summed E-state index contributed by atoms with van der Waals surface area (Å²) in [6, 6.07) is 1.35. The lowest BCUT2D eigenvalue weighted by Crippen LogP contribution is -1.67. The zero-order valence-corrected chi connectivity index (χ0v) is 4.21. The quantitative estimate of drug-likeness (QED) is 0.408. The van der Waals surface area contributed by atoms with Crippen LogP contribution < -0.4 is 0 Å². The lowest BCUT2D eigenvalue weighted by atomic mass is 11.0. The van der Waals surface area contributed by atoms with E-state index in [1.165, 1.54) is 6.04 Å². The lowest BCUT2D eigenvalue weighted by Gasteiger charge is -1.24. The molecule has 0 aliphatic carbocycles. The molecule has 0 radical (unpaired) electrons. The molecule has 0 aromatic heterocycles. The minimum absolute atomic E-state index is 1.14. The van der Waals surface area contributed by atoms with Crippen molar-refractivity contribution in [3.63, 3.8) is 0 Å². The number of hydrogen-bond donors (Lipinski definition) is 0. The molecule has 0 fully saturated rings. The van der Waals surface area contributed by atoms with Gasteiger partial charge in [0.1, 0.15) is 0 Å². The van der Waals surface area contributed by atoms with Gasteiger partial charge >= 0.3 is 9.52 Å². The largest absolute Gasteiger partial charge is 0.899 e. The molecule has 0 aliphatic heterocycles. The van der Waals surface area contributed by atoms with Crippen LogP contribution in [0.15, 0.2) is 0 Å². The van der Waals surface area contributed by atoms with Crippen LogP contribution in [-0.4, -0.2) is 9.52 Å². The lowest BCUT2D eigenvalue weighted by molar-refractivity contribution is 1.45. The van der Waals surface area contributed by atoms with E-state index in [0.29, 0.717) is 0 Å². The van der Waals surface area contributed by atoms with Gasteiger partial charge in [0, 0.05) is 6.92 Å². The molecule has 0 atom stereocenters. The molecule has 22 valence electrons. The Balaban J connectivity index is 1.97. The van der Waals surface area contributed by atoms with E-state index in [9.17, 15) is 0 Å². The van der Waals surface area contributed by atoms with Gasteiger partial charge in [0.05, 0.1) is 0 Å². The van der Waals surface area contributed by atoms with Crippen molar-refractivity contribution < 1.29 is 0 Å². The zero-order valence-electron chi connectivity index (χ0n) is 3.21. The predicted octanol–water partition coefficient (Wildman–Crippen LogP) is 1.18. The maximum atomic E-state index is 2.21. The molecular weight excluding hydrogens is 64.1 g/mol. The zero-order chi connectivity index (χ0) is 3.41. The summed E-state index contributed by atoms with van der Waals surface area (Å²) in [4.78, 5) is 0. The van der Waals surface area contributed by atoms with Crippen molar-refractivity contribution in [2.45, 2.75) is 19.5 Å². The second-order valence-corrected chi connectivity index (χ2v) is 2.12. The molecule has 0 unspecified atom stereocenters. The molecule has 0 N–H and O–H groups in total. The van der Waals surface area contributed by atoms with Crippen molar-refractivity contribution in [1.82, 2.24) is 0 Å². The van der Waals surface area contributed by atoms with E-state index in [-0.39, 0.29) is 0 Å². The Bertz CT molecular complexity index is 5.25. The van der Waals surface area contributed by atoms with Crippen LogP contribution in [0, 0.1) is 0 Å². The highest BCUT2D eigenvalue weighted by atomic mass is 28.2. The van der Waals surface area contributed by atoms with Gasteiger partial charge in [-0.25, -0.2) is 0 Å². The van der Waals surface area contributed by atoms with Gasteiger partial charge in [0.2, 0.25) is 12.6 Å². The van der Waals surface area contributed by atoms with Gasteiger partial charge in [-0.1, -0.05) is 0 Å². The Hall–Kier alpha value is 0.217. The highest BCUT2D eigenvalue weighted by Gasteiger charge is 2.13. The average molecular weight is 72.2 g/mol. The van der Waals surface area contributed by atoms with E-state index >= 15 is 0 Å². The summed E-state index contributed by atoms with van der Waals surface area (Å²) in [6.07, 6.45) is 0. The van der Waals surface area contributed by atoms with Crippen LogP contribution in [0.5, 0.6) is 0 Å². The van der Waals surface area contributed by atoms with Crippen molar-refractivity contribution in [3.8, 4) is 0 Å². The molecule has 0 nitrogen and oxygen atoms in total. The van der Waals surface area contributed by atoms with Crippen LogP contribution >= 0.6 is 0 Å². The molecule has 0 aliphatic rings. The van der Waals surface area contributed by atoms with Crippen LogP contribution in [0.1, 0.15) is 6.92 Å². The minimum atomic E-state index is 1.14. The molecule has 0 aromatic rings. The Labute approximate surface area is 30.0 Å². The first-order chi connectivity index (χ1) is 1.91. The van der Waals surface area contributed by atoms with E-state index in [4.69, 9.17) is 0 Å². The third kappa shape index (κ3) is 2.22. The van der Waals surface area contributed by atoms with Crippen molar-refractivity contribution >= 4 is 9.52 Å². The first-order valence-electron chi connectivity index (χ1n) is 1.56. The minimum Gasteiger partial charge on any atom is 0.000271 e. The van der Waals surface area contributed by atoms with Gasteiger partial charge in [0.25, 0.3) is 0 Å². The van der Waals surface area contributed by atoms with Gasteiger partial charge in [-0.15, -0.1) is 0 Å². The monoisotopic (exact) mass is 72.0 g/mol. The molecule has 0 spiro atoms. The van der Waals surface area contributed by atoms with Gasteiger partial charge < -0.3 is 0 Å². The maximum absolute atomic E-state index is 2.21. The van der Waals surface area contributed by atoms with Crippen molar-refractivity contribution in [2.24, 2.45) is 0 Å². The van der Waals surface area contributed by atoms with E-state index in [1.807, 2.05) is 0 Å². The second kappa shape index (κ2) is 3.22. The number of rotatable bonds is 1. The molecule has 0 bridgehead atoms. The van der Waals surface area contributed by atoms with Gasteiger partial charge in [-0.2, -0.15) is 0 Å². The standard InChI is InChI=1S/C3H8Si/c1-3-4-2/h3H2,1-2H3/q+2. The first-order valence-corrected chi connectivity index (χ1v) is 3.27. The molecule has 0 heterocycles. The molecule has 0 saturated carbocycles. The highest BCUT2D eigenvalue weighted by Crippen LogP contribution is 1.64. The summed E-state index contributed by atoms with van der Waals surface area (Å²) >= 11 is 0. The predicted molar refractivity (Wildman–Crippen MR) is 22.1 cm³/mol. The molecule has 1 heteroatoms. The van der Waals surface area contributed by atoms with Gasteiger partial charge in [-0.3, -0.25) is 0 Å². The molecular formula is C3H8Si+2. The smallest absolute Gasteiger partial charge is 0.000271 e. The summed E-state index contributed by atoms with van der Waals surface area (Å²) < 4.78 is 0. The summed E-state index contributed by atoms with van der Waals surface area (Å²) in [5.41, 5.74) is 0. The Morgan fingerprint density at radius 2 is 2.00 bits per heavy atom.